The maximum Gasteiger partial charge on any atom is 0.0621 e. The summed E-state index contributed by atoms with van der Waals surface area (Å²) in [6, 6.07) is 7.50. The van der Waals surface area contributed by atoms with Crippen LogP contribution < -0.4 is 9.80 Å². The first-order chi connectivity index (χ1) is 16.0. The van der Waals surface area contributed by atoms with Crippen LogP contribution in [0.5, 0.6) is 0 Å². The second-order valence-electron chi connectivity index (χ2n) is 12.8. The summed E-state index contributed by atoms with van der Waals surface area (Å²) in [6.07, 6.45) is 5.58. The Labute approximate surface area is 206 Å². The van der Waals surface area contributed by atoms with Gasteiger partial charge in [-0.05, 0) is 104 Å². The van der Waals surface area contributed by atoms with Crippen molar-refractivity contribution in [3.8, 4) is 0 Å². The summed E-state index contributed by atoms with van der Waals surface area (Å²) >= 11 is 0. The van der Waals surface area contributed by atoms with Gasteiger partial charge < -0.3 is 14.9 Å². The molecule has 2 aromatic rings. The minimum atomic E-state index is -0.409. The fraction of sp³-hybridized carbons (Fsp3) is 0.613. The molecule has 0 radical (unpaired) electrons. The zero-order chi connectivity index (χ0) is 24.2. The molecule has 1 aliphatic carbocycles. The predicted molar refractivity (Wildman–Crippen MR) is 143 cm³/mol. The van der Waals surface area contributed by atoms with Crippen molar-refractivity contribution in [1.29, 1.82) is 0 Å². The number of hydrogen-bond acceptors (Lipinski definition) is 3. The summed E-state index contributed by atoms with van der Waals surface area (Å²) in [5.41, 5.74) is 13.3. The van der Waals surface area contributed by atoms with Gasteiger partial charge in [0.2, 0.25) is 0 Å². The molecule has 3 nitrogen and oxygen atoms in total. The van der Waals surface area contributed by atoms with Gasteiger partial charge in [-0.15, -0.1) is 0 Å². The SMILES string of the molecule is CC1CC(C)(C)N(C)c2cc3c(cc21)C(C(C)O)c1cc2c4c(c1C3(C)C)CCCN4CCC2. The smallest absolute Gasteiger partial charge is 0.0621 e. The third kappa shape index (κ3) is 2.92. The number of aliphatic hydroxyl groups excluding tert-OH is 1. The molecule has 3 atom stereocenters. The number of fused-ring (bicyclic) bond motifs is 4. The normalized spacial score (nSPS) is 26.8. The van der Waals surface area contributed by atoms with E-state index in [9.17, 15) is 5.11 Å². The van der Waals surface area contributed by atoms with Gasteiger partial charge in [0, 0.05) is 48.4 Å². The molecule has 3 aliphatic heterocycles. The molecule has 0 bridgehead atoms. The fourth-order valence-corrected chi connectivity index (χ4v) is 8.12. The van der Waals surface area contributed by atoms with Gasteiger partial charge in [0.15, 0.2) is 0 Å². The third-order valence-corrected chi connectivity index (χ3v) is 9.81. The van der Waals surface area contributed by atoms with E-state index in [4.69, 9.17) is 0 Å². The van der Waals surface area contributed by atoms with Crippen LogP contribution in [0, 0.1) is 0 Å². The van der Waals surface area contributed by atoms with Crippen LogP contribution in [0.25, 0.3) is 0 Å². The van der Waals surface area contributed by atoms with Crippen molar-refractivity contribution in [2.75, 3.05) is 29.9 Å². The Hall–Kier alpha value is -2.00. The first kappa shape index (κ1) is 22.5. The fourth-order valence-electron chi connectivity index (χ4n) is 8.12. The van der Waals surface area contributed by atoms with E-state index in [1.54, 1.807) is 11.3 Å². The van der Waals surface area contributed by atoms with E-state index < -0.39 is 6.10 Å². The van der Waals surface area contributed by atoms with Crippen molar-refractivity contribution in [3.05, 3.63) is 57.1 Å². The van der Waals surface area contributed by atoms with Gasteiger partial charge in [0.1, 0.15) is 0 Å². The molecule has 34 heavy (non-hydrogen) atoms. The second-order valence-corrected chi connectivity index (χ2v) is 12.8. The van der Waals surface area contributed by atoms with E-state index >= 15 is 0 Å². The number of nitrogens with zero attached hydrogens (tertiary/aromatic N) is 2. The monoisotopic (exact) mass is 458 g/mol. The lowest BCUT2D eigenvalue weighted by Crippen LogP contribution is -2.46. The van der Waals surface area contributed by atoms with Crippen molar-refractivity contribution in [2.45, 2.75) is 103 Å². The van der Waals surface area contributed by atoms with E-state index in [1.165, 1.54) is 77.8 Å². The topological polar surface area (TPSA) is 26.7 Å². The summed E-state index contributed by atoms with van der Waals surface area (Å²) in [7, 11) is 2.27. The van der Waals surface area contributed by atoms with Crippen molar-refractivity contribution < 1.29 is 5.11 Å². The largest absolute Gasteiger partial charge is 0.392 e. The van der Waals surface area contributed by atoms with Crippen LogP contribution in [0.3, 0.4) is 0 Å². The van der Waals surface area contributed by atoms with Crippen molar-refractivity contribution >= 4 is 11.4 Å². The van der Waals surface area contributed by atoms with Crippen LogP contribution in [-0.4, -0.2) is 36.9 Å². The van der Waals surface area contributed by atoms with Gasteiger partial charge in [0.05, 0.1) is 6.10 Å². The Morgan fingerprint density at radius 1 is 0.971 bits per heavy atom. The first-order valence-electron chi connectivity index (χ1n) is 13.6. The van der Waals surface area contributed by atoms with Crippen LogP contribution in [0.4, 0.5) is 11.4 Å². The van der Waals surface area contributed by atoms with Crippen LogP contribution in [0.15, 0.2) is 18.2 Å². The highest BCUT2D eigenvalue weighted by atomic mass is 16.3. The van der Waals surface area contributed by atoms with Crippen LogP contribution in [0.2, 0.25) is 0 Å². The Morgan fingerprint density at radius 3 is 2.38 bits per heavy atom. The lowest BCUT2D eigenvalue weighted by atomic mass is 9.60. The number of benzene rings is 2. The van der Waals surface area contributed by atoms with Gasteiger partial charge in [-0.1, -0.05) is 32.9 Å². The van der Waals surface area contributed by atoms with Gasteiger partial charge in [-0.3, -0.25) is 0 Å². The molecule has 0 amide bonds. The highest BCUT2D eigenvalue weighted by Gasteiger charge is 2.45. The summed E-state index contributed by atoms with van der Waals surface area (Å²) in [6.45, 7) is 16.4. The first-order valence-corrected chi connectivity index (χ1v) is 13.6. The Bertz CT molecular complexity index is 1170. The molecule has 3 unspecified atom stereocenters. The molecule has 0 spiro atoms. The van der Waals surface area contributed by atoms with Crippen LogP contribution >= 0.6 is 0 Å². The minimum absolute atomic E-state index is 0.0506. The van der Waals surface area contributed by atoms with Crippen molar-refractivity contribution in [3.63, 3.8) is 0 Å². The highest BCUT2D eigenvalue weighted by molar-refractivity contribution is 5.74. The zero-order valence-corrected chi connectivity index (χ0v) is 22.3. The van der Waals surface area contributed by atoms with Gasteiger partial charge in [0.25, 0.3) is 0 Å². The van der Waals surface area contributed by atoms with E-state index in [0.29, 0.717) is 5.92 Å². The summed E-state index contributed by atoms with van der Waals surface area (Å²) in [5.74, 6) is 0.568. The molecule has 3 heteroatoms. The molecule has 1 N–H and O–H groups in total. The summed E-state index contributed by atoms with van der Waals surface area (Å²) < 4.78 is 0. The van der Waals surface area contributed by atoms with Crippen LogP contribution in [0.1, 0.15) is 112 Å². The predicted octanol–water partition coefficient (Wildman–Crippen LogP) is 6.26. The van der Waals surface area contributed by atoms with Gasteiger partial charge in [-0.2, -0.15) is 0 Å². The molecule has 0 fully saturated rings. The molecule has 3 heterocycles. The Morgan fingerprint density at radius 2 is 1.68 bits per heavy atom. The molecule has 0 saturated heterocycles. The average Bonchev–Trinajstić information content (AvgIpc) is 2.76. The average molecular weight is 459 g/mol. The molecular formula is C31H42N2O. The van der Waals surface area contributed by atoms with E-state index in [0.717, 1.165) is 6.42 Å². The molecule has 182 valence electrons. The number of hydrogen-bond donors (Lipinski definition) is 1. The Balaban J connectivity index is 1.65. The number of aliphatic hydroxyl groups is 1. The van der Waals surface area contributed by atoms with E-state index in [1.807, 2.05) is 6.92 Å². The van der Waals surface area contributed by atoms with Crippen molar-refractivity contribution in [2.24, 2.45) is 0 Å². The van der Waals surface area contributed by atoms with Gasteiger partial charge in [-0.25, -0.2) is 0 Å². The van der Waals surface area contributed by atoms with E-state index in [2.05, 4.69) is 69.7 Å². The maximum absolute atomic E-state index is 11.3. The number of anilines is 2. The Kier molecular flexibility index (Phi) is 4.80. The zero-order valence-electron chi connectivity index (χ0n) is 22.3. The van der Waals surface area contributed by atoms with Gasteiger partial charge >= 0.3 is 0 Å². The van der Waals surface area contributed by atoms with Crippen LogP contribution in [-0.2, 0) is 18.3 Å². The molecule has 0 saturated carbocycles. The molecular weight excluding hydrogens is 416 g/mol. The quantitative estimate of drug-likeness (QED) is 0.546. The molecule has 0 aromatic heterocycles. The summed E-state index contributed by atoms with van der Waals surface area (Å²) in [4.78, 5) is 5.16. The highest BCUT2D eigenvalue weighted by Crippen LogP contribution is 2.56. The standard InChI is InChI=1S/C31H42N2O/c1-18-17-30(3,4)32(7)26-16-25-23(15-22(18)26)27(19(2)34)24-14-20-10-8-12-33-13-9-11-21(29(20)33)28(24)31(25,5)6/h14-16,18-19,27,34H,8-13,17H2,1-7H3. The third-order valence-electron chi connectivity index (χ3n) is 9.81. The molecule has 4 aliphatic rings. The summed E-state index contributed by atoms with van der Waals surface area (Å²) in [5, 5.41) is 11.3. The minimum Gasteiger partial charge on any atom is -0.392 e. The number of rotatable bonds is 1. The maximum atomic E-state index is 11.3. The molecule has 2 aromatic carbocycles. The van der Waals surface area contributed by atoms with E-state index in [-0.39, 0.29) is 16.9 Å². The molecule has 6 rings (SSSR count). The van der Waals surface area contributed by atoms with Crippen molar-refractivity contribution in [1.82, 2.24) is 0 Å². The number of aryl methyl sites for hydroxylation is 1. The lowest BCUT2D eigenvalue weighted by Gasteiger charge is -2.49. The lowest BCUT2D eigenvalue weighted by molar-refractivity contribution is 0.173. The second kappa shape index (κ2) is 7.26.